The SMILES string of the molecule is COc1cc2c(-c3ccc(O)cc3)nc3n[nH]c(CN4CCCC4=O)c3c2cc1OC. The monoisotopic (exact) mass is 418 g/mol. The Labute approximate surface area is 178 Å². The zero-order chi connectivity index (χ0) is 21.5. The first-order valence-corrected chi connectivity index (χ1v) is 10.1. The molecule has 158 valence electrons. The second-order valence-electron chi connectivity index (χ2n) is 7.58. The summed E-state index contributed by atoms with van der Waals surface area (Å²) < 4.78 is 11.1. The van der Waals surface area contributed by atoms with Gasteiger partial charge in [-0.3, -0.25) is 9.89 Å². The van der Waals surface area contributed by atoms with Crippen molar-refractivity contribution in [1.29, 1.82) is 0 Å². The summed E-state index contributed by atoms with van der Waals surface area (Å²) in [5.41, 5.74) is 2.96. The van der Waals surface area contributed by atoms with E-state index in [1.54, 1.807) is 26.4 Å². The number of aromatic amines is 1. The average molecular weight is 418 g/mol. The van der Waals surface area contributed by atoms with Gasteiger partial charge in [0.2, 0.25) is 5.91 Å². The maximum absolute atomic E-state index is 12.2. The molecule has 8 heteroatoms. The number of amides is 1. The molecular weight excluding hydrogens is 396 g/mol. The molecule has 0 spiro atoms. The number of fused-ring (bicyclic) bond motifs is 3. The average Bonchev–Trinajstić information content (AvgIpc) is 3.39. The van der Waals surface area contributed by atoms with Crippen molar-refractivity contribution in [2.24, 2.45) is 0 Å². The van der Waals surface area contributed by atoms with E-state index in [1.807, 2.05) is 29.2 Å². The van der Waals surface area contributed by atoms with E-state index in [9.17, 15) is 9.90 Å². The summed E-state index contributed by atoms with van der Waals surface area (Å²) in [6, 6.07) is 10.7. The molecule has 2 N–H and O–H groups in total. The standard InChI is InChI=1S/C23H22N4O4/c1-30-18-10-15-16(11-19(18)31-2)22(13-5-7-14(28)8-6-13)24-23-21(15)17(25-26-23)12-27-9-3-4-20(27)29/h5-8,10-11,28H,3-4,9,12H2,1-2H3,(H,24,25,26). The van der Waals surface area contributed by atoms with Crippen LogP contribution < -0.4 is 9.47 Å². The molecule has 31 heavy (non-hydrogen) atoms. The van der Waals surface area contributed by atoms with Gasteiger partial charge in [-0.15, -0.1) is 0 Å². The molecule has 8 nitrogen and oxygen atoms in total. The van der Waals surface area contributed by atoms with E-state index in [-0.39, 0.29) is 11.7 Å². The van der Waals surface area contributed by atoms with Gasteiger partial charge in [-0.2, -0.15) is 5.10 Å². The van der Waals surface area contributed by atoms with Gasteiger partial charge in [-0.25, -0.2) is 4.98 Å². The van der Waals surface area contributed by atoms with Gasteiger partial charge in [0.1, 0.15) is 5.75 Å². The lowest BCUT2D eigenvalue weighted by Crippen LogP contribution is -2.24. The molecule has 3 heterocycles. The molecule has 0 radical (unpaired) electrons. The number of pyridine rings is 1. The molecule has 1 fully saturated rings. The topological polar surface area (TPSA) is 101 Å². The summed E-state index contributed by atoms with van der Waals surface area (Å²) in [7, 11) is 3.19. The molecule has 0 bridgehead atoms. The first-order valence-electron chi connectivity index (χ1n) is 10.1. The normalized spacial score (nSPS) is 14.0. The lowest BCUT2D eigenvalue weighted by Gasteiger charge is -2.16. The Kier molecular flexibility index (Phi) is 4.62. The van der Waals surface area contributed by atoms with Gasteiger partial charge in [-0.05, 0) is 42.8 Å². The number of aromatic nitrogens is 3. The Morgan fingerprint density at radius 3 is 2.45 bits per heavy atom. The third-order valence-electron chi connectivity index (χ3n) is 5.75. The summed E-state index contributed by atoms with van der Waals surface area (Å²) in [5.74, 6) is 1.53. The van der Waals surface area contributed by atoms with E-state index in [1.165, 1.54) is 0 Å². The fourth-order valence-electron chi connectivity index (χ4n) is 4.19. The highest BCUT2D eigenvalue weighted by Gasteiger charge is 2.24. The molecule has 2 aromatic carbocycles. The van der Waals surface area contributed by atoms with Gasteiger partial charge in [0.15, 0.2) is 17.1 Å². The first kappa shape index (κ1) is 19.2. The predicted octanol–water partition coefficient (Wildman–Crippen LogP) is 3.62. The molecule has 1 aliphatic heterocycles. The number of phenolic OH excluding ortho intramolecular Hbond substituents is 1. The van der Waals surface area contributed by atoms with Crippen molar-refractivity contribution in [1.82, 2.24) is 20.1 Å². The molecular formula is C23H22N4O4. The summed E-state index contributed by atoms with van der Waals surface area (Å²) in [4.78, 5) is 18.8. The molecule has 4 aromatic rings. The molecule has 1 saturated heterocycles. The summed E-state index contributed by atoms with van der Waals surface area (Å²) in [6.45, 7) is 1.20. The molecule has 2 aromatic heterocycles. The fraction of sp³-hybridized carbons (Fsp3) is 0.261. The van der Waals surface area contributed by atoms with E-state index >= 15 is 0 Å². The summed E-state index contributed by atoms with van der Waals surface area (Å²) >= 11 is 0. The number of rotatable bonds is 5. The Hall–Kier alpha value is -3.81. The predicted molar refractivity (Wildman–Crippen MR) is 116 cm³/mol. The van der Waals surface area contributed by atoms with E-state index in [4.69, 9.17) is 14.5 Å². The van der Waals surface area contributed by atoms with Crippen molar-refractivity contribution in [2.75, 3.05) is 20.8 Å². The Morgan fingerprint density at radius 2 is 1.81 bits per heavy atom. The van der Waals surface area contributed by atoms with Crippen LogP contribution in [-0.4, -0.2) is 51.9 Å². The highest BCUT2D eigenvalue weighted by atomic mass is 16.5. The van der Waals surface area contributed by atoms with E-state index in [0.717, 1.165) is 46.1 Å². The molecule has 0 aliphatic carbocycles. The van der Waals surface area contributed by atoms with Crippen LogP contribution in [0.4, 0.5) is 0 Å². The van der Waals surface area contributed by atoms with Crippen molar-refractivity contribution >= 4 is 27.7 Å². The lowest BCUT2D eigenvalue weighted by molar-refractivity contribution is -0.128. The van der Waals surface area contributed by atoms with E-state index in [0.29, 0.717) is 30.1 Å². The second-order valence-corrected chi connectivity index (χ2v) is 7.58. The molecule has 0 saturated carbocycles. The van der Waals surface area contributed by atoms with E-state index in [2.05, 4.69) is 10.2 Å². The van der Waals surface area contributed by atoms with Crippen LogP contribution >= 0.6 is 0 Å². The maximum atomic E-state index is 12.2. The van der Waals surface area contributed by atoms with Crippen LogP contribution in [0.2, 0.25) is 0 Å². The zero-order valence-electron chi connectivity index (χ0n) is 17.3. The molecule has 5 rings (SSSR count). The Morgan fingerprint density at radius 1 is 1.10 bits per heavy atom. The number of nitrogens with zero attached hydrogens (tertiary/aromatic N) is 3. The first-order chi connectivity index (χ1) is 15.1. The molecule has 0 atom stereocenters. The van der Waals surface area contributed by atoms with Gasteiger partial charge in [0.05, 0.1) is 37.5 Å². The molecule has 1 amide bonds. The van der Waals surface area contributed by atoms with Crippen molar-refractivity contribution in [2.45, 2.75) is 19.4 Å². The minimum Gasteiger partial charge on any atom is -0.508 e. The van der Waals surface area contributed by atoms with Gasteiger partial charge in [0.25, 0.3) is 0 Å². The highest BCUT2D eigenvalue weighted by Crippen LogP contribution is 2.40. The number of likely N-dealkylation sites (tertiary alicyclic amines) is 1. The van der Waals surface area contributed by atoms with Crippen LogP contribution in [-0.2, 0) is 11.3 Å². The van der Waals surface area contributed by atoms with Crippen molar-refractivity contribution in [3.63, 3.8) is 0 Å². The van der Waals surface area contributed by atoms with Crippen molar-refractivity contribution in [3.8, 4) is 28.5 Å². The minimum atomic E-state index is 0.153. The quantitative estimate of drug-likeness (QED) is 0.513. The number of hydrogen-bond donors (Lipinski definition) is 2. The number of H-pyrrole nitrogens is 1. The van der Waals surface area contributed by atoms with E-state index < -0.39 is 0 Å². The lowest BCUT2D eigenvalue weighted by atomic mass is 10.00. The van der Waals surface area contributed by atoms with Crippen LogP contribution in [0.15, 0.2) is 36.4 Å². The van der Waals surface area contributed by atoms with Gasteiger partial charge in [-0.1, -0.05) is 0 Å². The molecule has 1 aliphatic rings. The van der Waals surface area contributed by atoms with Crippen molar-refractivity contribution < 1.29 is 19.4 Å². The Balaban J connectivity index is 1.78. The van der Waals surface area contributed by atoms with Crippen LogP contribution in [0.1, 0.15) is 18.5 Å². The Bertz CT molecular complexity index is 1300. The number of nitrogens with one attached hydrogen (secondary N) is 1. The third-order valence-corrected chi connectivity index (χ3v) is 5.75. The number of aromatic hydroxyl groups is 1. The van der Waals surface area contributed by atoms with Gasteiger partial charge in [0, 0.05) is 29.3 Å². The smallest absolute Gasteiger partial charge is 0.222 e. The summed E-state index contributed by atoms with van der Waals surface area (Å²) in [6.07, 6.45) is 1.46. The number of ether oxygens (including phenoxy) is 2. The third kappa shape index (κ3) is 3.20. The van der Waals surface area contributed by atoms with Crippen LogP contribution in [0, 0.1) is 0 Å². The highest BCUT2D eigenvalue weighted by molar-refractivity contribution is 6.12. The number of hydrogen-bond acceptors (Lipinski definition) is 6. The minimum absolute atomic E-state index is 0.153. The fourth-order valence-corrected chi connectivity index (χ4v) is 4.19. The number of carbonyl (C=O) groups excluding carboxylic acids is 1. The second kappa shape index (κ2) is 7.46. The van der Waals surface area contributed by atoms with Crippen molar-refractivity contribution in [3.05, 3.63) is 42.1 Å². The summed E-state index contributed by atoms with van der Waals surface area (Å²) in [5, 5.41) is 19.9. The largest absolute Gasteiger partial charge is 0.508 e. The number of methoxy groups -OCH3 is 2. The zero-order valence-corrected chi connectivity index (χ0v) is 17.3. The maximum Gasteiger partial charge on any atom is 0.222 e. The van der Waals surface area contributed by atoms with Crippen LogP contribution in [0.5, 0.6) is 17.2 Å². The van der Waals surface area contributed by atoms with Crippen LogP contribution in [0.3, 0.4) is 0 Å². The number of phenols is 1. The van der Waals surface area contributed by atoms with Gasteiger partial charge < -0.3 is 19.5 Å². The van der Waals surface area contributed by atoms with Crippen LogP contribution in [0.25, 0.3) is 33.1 Å². The number of benzene rings is 2. The number of carbonyl (C=O) groups is 1. The molecule has 0 unspecified atom stereocenters. The van der Waals surface area contributed by atoms with Gasteiger partial charge >= 0.3 is 0 Å².